The van der Waals surface area contributed by atoms with E-state index in [1.807, 2.05) is 49.4 Å². The zero-order valence-corrected chi connectivity index (χ0v) is 16.9. The number of hydrogen-bond acceptors (Lipinski definition) is 3. The van der Waals surface area contributed by atoms with E-state index in [0.29, 0.717) is 13.0 Å². The van der Waals surface area contributed by atoms with Crippen molar-refractivity contribution in [3.8, 4) is 0 Å². The van der Waals surface area contributed by atoms with Crippen LogP contribution in [0.5, 0.6) is 0 Å². The molecule has 1 aliphatic carbocycles. The molecule has 2 unspecified atom stereocenters. The van der Waals surface area contributed by atoms with Crippen LogP contribution < -0.4 is 15.5 Å². The molecule has 2 aromatic carbocycles. The lowest BCUT2D eigenvalue weighted by molar-refractivity contribution is -0.125. The minimum atomic E-state index is -0.238. The standard InChI is InChI=1S/C23H29N3O2/c1-4-26(5-2)18-11-12-21(16(3)13-18)25-23(28)20-14-19(20)22(27)24-15-17-9-7-6-8-10-17/h6-13,19-20H,4-5,14-15H2,1-3H3,(H,24,27)(H,25,28). The van der Waals surface area contributed by atoms with Gasteiger partial charge in [-0.3, -0.25) is 9.59 Å². The second-order valence-corrected chi connectivity index (χ2v) is 7.31. The van der Waals surface area contributed by atoms with Crippen molar-refractivity contribution in [2.24, 2.45) is 11.8 Å². The van der Waals surface area contributed by atoms with E-state index in [1.54, 1.807) is 0 Å². The third-order valence-corrected chi connectivity index (χ3v) is 5.37. The van der Waals surface area contributed by atoms with Gasteiger partial charge in [0.15, 0.2) is 0 Å². The van der Waals surface area contributed by atoms with Gasteiger partial charge < -0.3 is 15.5 Å². The number of carbonyl (C=O) groups excluding carboxylic acids is 2. The summed E-state index contributed by atoms with van der Waals surface area (Å²) in [5.74, 6) is -0.576. The third-order valence-electron chi connectivity index (χ3n) is 5.37. The Kier molecular flexibility index (Phi) is 6.34. The Labute approximate surface area is 167 Å². The van der Waals surface area contributed by atoms with Gasteiger partial charge in [0, 0.05) is 31.0 Å². The van der Waals surface area contributed by atoms with Crippen molar-refractivity contribution in [1.29, 1.82) is 0 Å². The molecule has 0 aliphatic heterocycles. The van der Waals surface area contributed by atoms with E-state index in [0.717, 1.165) is 35.6 Å². The van der Waals surface area contributed by atoms with E-state index in [4.69, 9.17) is 0 Å². The highest BCUT2D eigenvalue weighted by Gasteiger charge is 2.47. The molecule has 5 nitrogen and oxygen atoms in total. The maximum Gasteiger partial charge on any atom is 0.228 e. The second kappa shape index (κ2) is 8.91. The Morgan fingerprint density at radius 1 is 1.00 bits per heavy atom. The maximum absolute atomic E-state index is 12.5. The summed E-state index contributed by atoms with van der Waals surface area (Å²) in [4.78, 5) is 27.1. The fourth-order valence-corrected chi connectivity index (χ4v) is 3.49. The number of nitrogens with one attached hydrogen (secondary N) is 2. The van der Waals surface area contributed by atoms with Crippen LogP contribution in [0.3, 0.4) is 0 Å². The van der Waals surface area contributed by atoms with E-state index in [1.165, 1.54) is 0 Å². The number of rotatable bonds is 8. The van der Waals surface area contributed by atoms with E-state index in [9.17, 15) is 9.59 Å². The van der Waals surface area contributed by atoms with Gasteiger partial charge >= 0.3 is 0 Å². The Morgan fingerprint density at radius 3 is 2.32 bits per heavy atom. The largest absolute Gasteiger partial charge is 0.372 e. The molecule has 0 bridgehead atoms. The van der Waals surface area contributed by atoms with Gasteiger partial charge in [0.05, 0.1) is 11.8 Å². The normalized spacial score (nSPS) is 17.7. The monoisotopic (exact) mass is 379 g/mol. The molecule has 0 spiro atoms. The summed E-state index contributed by atoms with van der Waals surface area (Å²) in [5.41, 5.74) is 4.06. The van der Waals surface area contributed by atoms with Gasteiger partial charge in [-0.25, -0.2) is 0 Å². The number of aryl methyl sites for hydroxylation is 1. The van der Waals surface area contributed by atoms with Crippen LogP contribution in [0, 0.1) is 18.8 Å². The van der Waals surface area contributed by atoms with Crippen molar-refractivity contribution < 1.29 is 9.59 Å². The average molecular weight is 380 g/mol. The Balaban J connectivity index is 1.52. The Hall–Kier alpha value is -2.82. The molecule has 0 saturated heterocycles. The molecule has 3 rings (SSSR count). The fourth-order valence-electron chi connectivity index (χ4n) is 3.49. The first kappa shape index (κ1) is 19.9. The SMILES string of the molecule is CCN(CC)c1ccc(NC(=O)C2CC2C(=O)NCc2ccccc2)c(C)c1. The van der Waals surface area contributed by atoms with Crippen molar-refractivity contribution in [1.82, 2.24) is 5.32 Å². The summed E-state index contributed by atoms with van der Waals surface area (Å²) < 4.78 is 0. The molecule has 1 fully saturated rings. The smallest absolute Gasteiger partial charge is 0.228 e. The molecule has 0 radical (unpaired) electrons. The highest BCUT2D eigenvalue weighted by atomic mass is 16.2. The lowest BCUT2D eigenvalue weighted by Gasteiger charge is -2.22. The van der Waals surface area contributed by atoms with Gasteiger partial charge in [-0.15, -0.1) is 0 Å². The zero-order chi connectivity index (χ0) is 20.1. The first-order valence-corrected chi connectivity index (χ1v) is 10.0. The molecule has 2 atom stereocenters. The number of carbonyl (C=O) groups is 2. The maximum atomic E-state index is 12.5. The van der Waals surface area contributed by atoms with Gasteiger partial charge in [-0.1, -0.05) is 30.3 Å². The minimum absolute atomic E-state index is 0.0439. The van der Waals surface area contributed by atoms with Crippen LogP contribution in [0.4, 0.5) is 11.4 Å². The van der Waals surface area contributed by atoms with Gasteiger partial charge in [0.2, 0.25) is 11.8 Å². The number of benzene rings is 2. The van der Waals surface area contributed by atoms with Crippen LogP contribution in [-0.2, 0) is 16.1 Å². The van der Waals surface area contributed by atoms with E-state index in [2.05, 4.69) is 35.4 Å². The van der Waals surface area contributed by atoms with Gasteiger partial charge in [-0.05, 0) is 56.5 Å². The summed E-state index contributed by atoms with van der Waals surface area (Å²) in [7, 11) is 0. The molecular formula is C23H29N3O2. The molecule has 2 N–H and O–H groups in total. The van der Waals surface area contributed by atoms with Crippen LogP contribution >= 0.6 is 0 Å². The van der Waals surface area contributed by atoms with E-state index in [-0.39, 0.29) is 23.7 Å². The van der Waals surface area contributed by atoms with E-state index < -0.39 is 0 Å². The van der Waals surface area contributed by atoms with Crippen molar-refractivity contribution >= 4 is 23.2 Å². The first-order chi connectivity index (χ1) is 13.5. The molecule has 28 heavy (non-hydrogen) atoms. The van der Waals surface area contributed by atoms with Crippen LogP contribution in [0.2, 0.25) is 0 Å². The summed E-state index contributed by atoms with van der Waals surface area (Å²) in [5, 5.41) is 5.92. The van der Waals surface area contributed by atoms with Crippen LogP contribution in [0.25, 0.3) is 0 Å². The van der Waals surface area contributed by atoms with Gasteiger partial charge in [0.25, 0.3) is 0 Å². The fraction of sp³-hybridized carbons (Fsp3) is 0.391. The van der Waals surface area contributed by atoms with Crippen LogP contribution in [0.1, 0.15) is 31.4 Å². The number of nitrogens with zero attached hydrogens (tertiary/aromatic N) is 1. The van der Waals surface area contributed by atoms with Crippen molar-refractivity contribution in [2.75, 3.05) is 23.3 Å². The quantitative estimate of drug-likeness (QED) is 0.735. The molecule has 2 amide bonds. The predicted molar refractivity (Wildman–Crippen MR) is 113 cm³/mol. The highest BCUT2D eigenvalue weighted by Crippen LogP contribution is 2.40. The van der Waals surface area contributed by atoms with Crippen molar-refractivity contribution in [3.63, 3.8) is 0 Å². The Morgan fingerprint density at radius 2 is 1.68 bits per heavy atom. The second-order valence-electron chi connectivity index (χ2n) is 7.31. The molecule has 148 valence electrons. The summed E-state index contributed by atoms with van der Waals surface area (Å²) in [6.07, 6.45) is 0.614. The summed E-state index contributed by atoms with van der Waals surface area (Å²) >= 11 is 0. The number of hydrogen-bond donors (Lipinski definition) is 2. The molecule has 0 aromatic heterocycles. The number of amides is 2. The van der Waals surface area contributed by atoms with Crippen molar-refractivity contribution in [2.45, 2.75) is 33.7 Å². The zero-order valence-electron chi connectivity index (χ0n) is 16.9. The summed E-state index contributed by atoms with van der Waals surface area (Å²) in [6, 6.07) is 15.9. The lowest BCUT2D eigenvalue weighted by atomic mass is 10.1. The average Bonchev–Trinajstić information content (AvgIpc) is 3.51. The Bertz CT molecular complexity index is 831. The molecule has 2 aromatic rings. The van der Waals surface area contributed by atoms with Crippen LogP contribution in [0.15, 0.2) is 48.5 Å². The molecular weight excluding hydrogens is 350 g/mol. The van der Waals surface area contributed by atoms with Crippen LogP contribution in [-0.4, -0.2) is 24.9 Å². The topological polar surface area (TPSA) is 61.4 Å². The lowest BCUT2D eigenvalue weighted by Crippen LogP contribution is -2.27. The third kappa shape index (κ3) is 4.71. The first-order valence-electron chi connectivity index (χ1n) is 10.0. The van der Waals surface area contributed by atoms with Crippen molar-refractivity contribution in [3.05, 3.63) is 59.7 Å². The van der Waals surface area contributed by atoms with Gasteiger partial charge in [-0.2, -0.15) is 0 Å². The molecule has 5 heteroatoms. The number of anilines is 2. The predicted octanol–water partition coefficient (Wildman–Crippen LogP) is 3.73. The minimum Gasteiger partial charge on any atom is -0.372 e. The molecule has 1 saturated carbocycles. The summed E-state index contributed by atoms with van der Waals surface area (Å²) in [6.45, 7) is 8.65. The molecule has 1 aliphatic rings. The molecule has 0 heterocycles. The van der Waals surface area contributed by atoms with Gasteiger partial charge in [0.1, 0.15) is 0 Å². The highest BCUT2D eigenvalue weighted by molar-refractivity contribution is 6.00. The van der Waals surface area contributed by atoms with E-state index >= 15 is 0 Å².